The van der Waals surface area contributed by atoms with Crippen LogP contribution in [-0.2, 0) is 6.54 Å². The lowest BCUT2D eigenvalue weighted by Crippen LogP contribution is -2.29. The lowest BCUT2D eigenvalue weighted by Gasteiger charge is -2.20. The van der Waals surface area contributed by atoms with Crippen molar-refractivity contribution in [1.82, 2.24) is 24.4 Å². The van der Waals surface area contributed by atoms with Gasteiger partial charge in [-0.25, -0.2) is 9.97 Å². The Morgan fingerprint density at radius 2 is 2.17 bits per heavy atom. The molecule has 18 heavy (non-hydrogen) atoms. The Kier molecular flexibility index (Phi) is 3.33. The molecule has 0 aliphatic rings. The zero-order valence-corrected chi connectivity index (χ0v) is 11.1. The van der Waals surface area contributed by atoms with Crippen molar-refractivity contribution >= 4 is 17.1 Å². The summed E-state index contributed by atoms with van der Waals surface area (Å²) in [5, 5.41) is 0. The number of nitrogen functional groups attached to an aromatic ring is 1. The predicted octanol–water partition coefficient (Wildman–Crippen LogP) is 0.367. The Balaban J connectivity index is 2.48. The van der Waals surface area contributed by atoms with Crippen molar-refractivity contribution in [3.05, 3.63) is 6.33 Å². The lowest BCUT2D eigenvalue weighted by molar-refractivity contribution is 0.286. The number of nitrogens with zero attached hydrogens (tertiary/aromatic N) is 5. The molecule has 2 heterocycles. The van der Waals surface area contributed by atoms with Gasteiger partial charge in [-0.3, -0.25) is 4.57 Å². The fourth-order valence-corrected chi connectivity index (χ4v) is 1.69. The number of hydrogen-bond donors (Lipinski definition) is 1. The minimum absolute atomic E-state index is 0.325. The number of methoxy groups -OCH3 is 1. The van der Waals surface area contributed by atoms with Crippen LogP contribution < -0.4 is 10.5 Å². The van der Waals surface area contributed by atoms with Gasteiger partial charge in [0.2, 0.25) is 11.8 Å². The van der Waals surface area contributed by atoms with Crippen LogP contribution in [0.5, 0.6) is 5.88 Å². The molecule has 0 bridgehead atoms. The van der Waals surface area contributed by atoms with Crippen LogP contribution in [0.3, 0.4) is 0 Å². The third-order valence-corrected chi connectivity index (χ3v) is 3.05. The topological polar surface area (TPSA) is 82.1 Å². The average Bonchev–Trinajstić information content (AvgIpc) is 2.65. The number of nitrogens with two attached hydrogens (primary N) is 1. The first-order valence-corrected chi connectivity index (χ1v) is 5.71. The van der Waals surface area contributed by atoms with Gasteiger partial charge in [-0.2, -0.15) is 4.98 Å². The molecular formula is C11H18N6O. The zero-order chi connectivity index (χ0) is 13.3. The zero-order valence-electron chi connectivity index (χ0n) is 11.1. The Morgan fingerprint density at radius 1 is 1.44 bits per heavy atom. The van der Waals surface area contributed by atoms with E-state index in [0.29, 0.717) is 29.0 Å². The van der Waals surface area contributed by atoms with Crippen molar-refractivity contribution in [2.24, 2.45) is 0 Å². The highest BCUT2D eigenvalue weighted by Crippen LogP contribution is 2.23. The maximum absolute atomic E-state index is 5.94. The third kappa shape index (κ3) is 2.08. The Bertz CT molecular complexity index is 550. The SMILES string of the molecule is COc1ncnc2c1nc(N)n2CC(C)N(C)C. The van der Waals surface area contributed by atoms with Gasteiger partial charge in [0.05, 0.1) is 7.11 Å². The number of imidazole rings is 1. The van der Waals surface area contributed by atoms with E-state index in [4.69, 9.17) is 10.5 Å². The van der Waals surface area contributed by atoms with Gasteiger partial charge in [0, 0.05) is 12.6 Å². The maximum atomic E-state index is 5.94. The number of fused-ring (bicyclic) bond motifs is 1. The standard InChI is InChI=1S/C11H18N6O/c1-7(16(2)3)5-17-9-8(15-11(17)12)10(18-4)14-6-13-9/h6-7H,5H2,1-4H3,(H2,12,15). The average molecular weight is 250 g/mol. The fraction of sp³-hybridized carbons (Fsp3) is 0.545. The van der Waals surface area contributed by atoms with E-state index in [1.54, 1.807) is 7.11 Å². The van der Waals surface area contributed by atoms with E-state index in [2.05, 4.69) is 26.8 Å². The number of likely N-dealkylation sites (N-methyl/N-ethyl adjacent to an activating group) is 1. The molecule has 7 heteroatoms. The van der Waals surface area contributed by atoms with E-state index in [9.17, 15) is 0 Å². The van der Waals surface area contributed by atoms with Crippen molar-refractivity contribution in [3.8, 4) is 5.88 Å². The normalized spacial score (nSPS) is 13.2. The van der Waals surface area contributed by atoms with Gasteiger partial charge in [-0.05, 0) is 21.0 Å². The Morgan fingerprint density at radius 3 is 2.78 bits per heavy atom. The third-order valence-electron chi connectivity index (χ3n) is 3.05. The van der Waals surface area contributed by atoms with E-state index >= 15 is 0 Å². The fourth-order valence-electron chi connectivity index (χ4n) is 1.69. The Hall–Kier alpha value is -1.89. The minimum Gasteiger partial charge on any atom is -0.479 e. The molecule has 1 atom stereocenters. The first kappa shape index (κ1) is 12.6. The van der Waals surface area contributed by atoms with Gasteiger partial charge in [0.15, 0.2) is 11.2 Å². The molecule has 0 fully saturated rings. The van der Waals surface area contributed by atoms with Crippen LogP contribution in [0.1, 0.15) is 6.92 Å². The second-order valence-electron chi connectivity index (χ2n) is 4.45. The Labute approximate surface area is 106 Å². The summed E-state index contributed by atoms with van der Waals surface area (Å²) in [6.07, 6.45) is 1.46. The molecule has 98 valence electrons. The van der Waals surface area contributed by atoms with Crippen molar-refractivity contribution in [2.45, 2.75) is 19.5 Å². The van der Waals surface area contributed by atoms with Crippen LogP contribution in [-0.4, -0.2) is 51.7 Å². The highest BCUT2D eigenvalue weighted by Gasteiger charge is 2.16. The second-order valence-corrected chi connectivity index (χ2v) is 4.45. The molecular weight excluding hydrogens is 232 g/mol. The van der Waals surface area contributed by atoms with Gasteiger partial charge in [-0.15, -0.1) is 0 Å². The second kappa shape index (κ2) is 4.77. The van der Waals surface area contributed by atoms with Gasteiger partial charge in [0.25, 0.3) is 0 Å². The monoisotopic (exact) mass is 250 g/mol. The highest BCUT2D eigenvalue weighted by molar-refractivity contribution is 5.78. The molecule has 0 aliphatic heterocycles. The van der Waals surface area contributed by atoms with E-state index in [1.165, 1.54) is 6.33 Å². The minimum atomic E-state index is 0.325. The molecule has 2 N–H and O–H groups in total. The number of ether oxygens (including phenoxy) is 1. The van der Waals surface area contributed by atoms with Crippen molar-refractivity contribution in [3.63, 3.8) is 0 Å². The molecule has 0 spiro atoms. The van der Waals surface area contributed by atoms with Crippen molar-refractivity contribution in [1.29, 1.82) is 0 Å². The number of rotatable bonds is 4. The van der Waals surface area contributed by atoms with Gasteiger partial charge < -0.3 is 15.4 Å². The first-order chi connectivity index (χ1) is 8.54. The van der Waals surface area contributed by atoms with Crippen LogP contribution in [0.15, 0.2) is 6.33 Å². The van der Waals surface area contributed by atoms with Crippen LogP contribution in [0.2, 0.25) is 0 Å². The van der Waals surface area contributed by atoms with Gasteiger partial charge in [0.1, 0.15) is 6.33 Å². The van der Waals surface area contributed by atoms with Crippen LogP contribution in [0.4, 0.5) is 5.95 Å². The summed E-state index contributed by atoms with van der Waals surface area (Å²) in [6, 6.07) is 0.325. The van der Waals surface area contributed by atoms with E-state index in [-0.39, 0.29) is 0 Å². The van der Waals surface area contributed by atoms with E-state index < -0.39 is 0 Å². The molecule has 0 saturated carbocycles. The molecule has 2 rings (SSSR count). The number of aromatic nitrogens is 4. The molecule has 0 aromatic carbocycles. The quantitative estimate of drug-likeness (QED) is 0.844. The van der Waals surface area contributed by atoms with Crippen molar-refractivity contribution in [2.75, 3.05) is 26.9 Å². The first-order valence-electron chi connectivity index (χ1n) is 5.71. The van der Waals surface area contributed by atoms with Gasteiger partial charge >= 0.3 is 0 Å². The van der Waals surface area contributed by atoms with E-state index in [0.717, 1.165) is 6.54 Å². The van der Waals surface area contributed by atoms with Crippen molar-refractivity contribution < 1.29 is 4.74 Å². The molecule has 0 radical (unpaired) electrons. The predicted molar refractivity (Wildman–Crippen MR) is 69.4 cm³/mol. The summed E-state index contributed by atoms with van der Waals surface area (Å²) < 4.78 is 7.03. The molecule has 1 unspecified atom stereocenters. The highest BCUT2D eigenvalue weighted by atomic mass is 16.5. The summed E-state index contributed by atoms with van der Waals surface area (Å²) in [5.74, 6) is 0.875. The largest absolute Gasteiger partial charge is 0.479 e. The van der Waals surface area contributed by atoms with Crippen LogP contribution >= 0.6 is 0 Å². The summed E-state index contributed by atoms with van der Waals surface area (Å²) in [7, 11) is 5.60. The number of hydrogen-bond acceptors (Lipinski definition) is 6. The van der Waals surface area contributed by atoms with E-state index in [1.807, 2.05) is 18.7 Å². The molecule has 0 amide bonds. The molecule has 2 aromatic rings. The lowest BCUT2D eigenvalue weighted by atomic mass is 10.3. The number of anilines is 1. The smallest absolute Gasteiger partial charge is 0.245 e. The summed E-state index contributed by atoms with van der Waals surface area (Å²) in [5.41, 5.74) is 7.24. The molecule has 2 aromatic heterocycles. The molecule has 7 nitrogen and oxygen atoms in total. The molecule has 0 saturated heterocycles. The maximum Gasteiger partial charge on any atom is 0.245 e. The molecule has 0 aliphatic carbocycles. The summed E-state index contributed by atoms with van der Waals surface area (Å²) >= 11 is 0. The van der Waals surface area contributed by atoms with Gasteiger partial charge in [-0.1, -0.05) is 0 Å². The summed E-state index contributed by atoms with van der Waals surface area (Å²) in [4.78, 5) is 14.6. The van der Waals surface area contributed by atoms with Crippen LogP contribution in [0.25, 0.3) is 11.2 Å². The van der Waals surface area contributed by atoms with Crippen LogP contribution in [0, 0.1) is 0 Å². The summed E-state index contributed by atoms with van der Waals surface area (Å²) in [6.45, 7) is 2.83.